The number of aromatic nitrogens is 6. The van der Waals surface area contributed by atoms with E-state index < -0.39 is 5.91 Å². The molecule has 0 saturated heterocycles. The van der Waals surface area contributed by atoms with Crippen LogP contribution in [0, 0.1) is 0 Å². The fourth-order valence-electron chi connectivity index (χ4n) is 2.63. The number of nitrogens with one attached hydrogen (secondary N) is 1. The van der Waals surface area contributed by atoms with Crippen molar-refractivity contribution in [2.45, 2.75) is 18.5 Å². The van der Waals surface area contributed by atoms with E-state index in [-0.39, 0.29) is 11.3 Å². The number of carbonyl (C=O) groups excluding carboxylic acids is 1. The van der Waals surface area contributed by atoms with E-state index in [1.165, 1.54) is 17.5 Å². The van der Waals surface area contributed by atoms with Gasteiger partial charge in [-0.3, -0.25) is 9.59 Å². The van der Waals surface area contributed by atoms with Crippen molar-refractivity contribution < 1.29 is 4.79 Å². The highest BCUT2D eigenvalue weighted by Gasteiger charge is 2.17. The number of aromatic amines is 1. The van der Waals surface area contributed by atoms with Crippen LogP contribution in [0.5, 0.6) is 0 Å². The van der Waals surface area contributed by atoms with Crippen molar-refractivity contribution >= 4 is 40.0 Å². The summed E-state index contributed by atoms with van der Waals surface area (Å²) in [6.07, 6.45) is 2.28. The standard InChI is InChI=1S/C17H15N7O2S2/c1-2-13-22-23-16(28-13)9-5-3-4-6-11(9)24-14-10(7-19-24)15(26)21-17(20-14)27-8-12(18)25/h3-7H,2,8H2,1H3,(H2,18,25)(H,20,21,26). The number of benzene rings is 1. The number of H-pyrrole nitrogens is 1. The minimum atomic E-state index is -0.491. The van der Waals surface area contributed by atoms with E-state index in [2.05, 4.69) is 25.3 Å². The summed E-state index contributed by atoms with van der Waals surface area (Å²) in [5.41, 5.74) is 6.83. The molecule has 0 fully saturated rings. The molecule has 11 heteroatoms. The first-order valence-corrected chi connectivity index (χ1v) is 10.2. The fraction of sp³-hybridized carbons (Fsp3) is 0.176. The molecule has 1 amide bonds. The molecule has 0 atom stereocenters. The molecule has 9 nitrogen and oxygen atoms in total. The zero-order valence-electron chi connectivity index (χ0n) is 14.7. The summed E-state index contributed by atoms with van der Waals surface area (Å²) in [6.45, 7) is 2.03. The number of thioether (sulfide) groups is 1. The van der Waals surface area contributed by atoms with Crippen molar-refractivity contribution in [3.8, 4) is 16.3 Å². The number of hydrogen-bond donors (Lipinski definition) is 2. The molecular weight excluding hydrogens is 398 g/mol. The van der Waals surface area contributed by atoms with Crippen LogP contribution in [0.1, 0.15) is 11.9 Å². The minimum Gasteiger partial charge on any atom is -0.369 e. The predicted molar refractivity (Wildman–Crippen MR) is 108 cm³/mol. The number of amides is 1. The molecule has 28 heavy (non-hydrogen) atoms. The Morgan fingerprint density at radius 2 is 2.14 bits per heavy atom. The van der Waals surface area contributed by atoms with Crippen LogP contribution in [0.25, 0.3) is 27.3 Å². The Morgan fingerprint density at radius 1 is 1.32 bits per heavy atom. The van der Waals surface area contributed by atoms with Crippen molar-refractivity contribution in [2.24, 2.45) is 5.73 Å². The maximum atomic E-state index is 12.4. The second-order valence-electron chi connectivity index (χ2n) is 5.79. The molecule has 3 heterocycles. The maximum Gasteiger partial charge on any atom is 0.262 e. The van der Waals surface area contributed by atoms with Gasteiger partial charge in [-0.1, -0.05) is 42.2 Å². The van der Waals surface area contributed by atoms with Crippen LogP contribution in [0.2, 0.25) is 0 Å². The topological polar surface area (TPSA) is 132 Å². The molecule has 0 spiro atoms. The van der Waals surface area contributed by atoms with E-state index >= 15 is 0 Å². The van der Waals surface area contributed by atoms with Crippen LogP contribution in [-0.2, 0) is 11.2 Å². The van der Waals surface area contributed by atoms with Crippen LogP contribution < -0.4 is 11.3 Å². The maximum absolute atomic E-state index is 12.4. The number of rotatable bonds is 6. The van der Waals surface area contributed by atoms with Crippen molar-refractivity contribution in [1.29, 1.82) is 0 Å². The highest BCUT2D eigenvalue weighted by molar-refractivity contribution is 7.99. The van der Waals surface area contributed by atoms with E-state index in [1.807, 2.05) is 31.2 Å². The summed E-state index contributed by atoms with van der Waals surface area (Å²) in [4.78, 5) is 30.5. The van der Waals surface area contributed by atoms with Crippen LogP contribution in [0.4, 0.5) is 0 Å². The van der Waals surface area contributed by atoms with Crippen LogP contribution >= 0.6 is 23.1 Å². The highest BCUT2D eigenvalue weighted by atomic mass is 32.2. The average Bonchev–Trinajstić information content (AvgIpc) is 3.33. The van der Waals surface area contributed by atoms with Crippen LogP contribution in [-0.4, -0.2) is 41.6 Å². The lowest BCUT2D eigenvalue weighted by atomic mass is 10.2. The average molecular weight is 413 g/mol. The molecule has 0 aliphatic carbocycles. The Kier molecular flexibility index (Phi) is 4.92. The SMILES string of the molecule is CCc1nnc(-c2ccccc2-n2ncc3c(=O)[nH]c(SCC(N)=O)nc32)s1. The van der Waals surface area contributed by atoms with Gasteiger partial charge in [-0.25, -0.2) is 9.67 Å². The van der Waals surface area contributed by atoms with Gasteiger partial charge in [-0.2, -0.15) is 5.10 Å². The molecule has 0 unspecified atom stereocenters. The van der Waals surface area contributed by atoms with Gasteiger partial charge in [0.05, 0.1) is 17.6 Å². The monoisotopic (exact) mass is 413 g/mol. The second kappa shape index (κ2) is 7.52. The quantitative estimate of drug-likeness (QED) is 0.363. The summed E-state index contributed by atoms with van der Waals surface area (Å²) in [6, 6.07) is 7.60. The molecule has 4 rings (SSSR count). The largest absolute Gasteiger partial charge is 0.369 e. The molecule has 0 radical (unpaired) electrons. The number of fused-ring (bicyclic) bond motifs is 1. The third-order valence-electron chi connectivity index (χ3n) is 3.90. The van der Waals surface area contributed by atoms with Gasteiger partial charge in [-0.05, 0) is 18.6 Å². The number of hydrogen-bond acceptors (Lipinski definition) is 8. The van der Waals surface area contributed by atoms with E-state index in [4.69, 9.17) is 5.73 Å². The highest BCUT2D eigenvalue weighted by Crippen LogP contribution is 2.30. The lowest BCUT2D eigenvalue weighted by Crippen LogP contribution is -2.15. The zero-order chi connectivity index (χ0) is 19.7. The molecule has 3 N–H and O–H groups in total. The van der Waals surface area contributed by atoms with Gasteiger partial charge in [0.1, 0.15) is 15.4 Å². The molecular formula is C17H15N7O2S2. The lowest BCUT2D eigenvalue weighted by molar-refractivity contribution is -0.115. The van der Waals surface area contributed by atoms with E-state index in [1.54, 1.807) is 4.68 Å². The molecule has 4 aromatic rings. The minimum absolute atomic E-state index is 0.0176. The summed E-state index contributed by atoms with van der Waals surface area (Å²) >= 11 is 2.58. The number of nitrogens with zero attached hydrogens (tertiary/aromatic N) is 5. The van der Waals surface area contributed by atoms with Crippen molar-refractivity contribution in [3.05, 3.63) is 45.8 Å². The van der Waals surface area contributed by atoms with E-state index in [9.17, 15) is 9.59 Å². The molecule has 0 bridgehead atoms. The lowest BCUT2D eigenvalue weighted by Gasteiger charge is -2.08. The molecule has 0 saturated carbocycles. The van der Waals surface area contributed by atoms with Crippen LogP contribution in [0.3, 0.4) is 0 Å². The van der Waals surface area contributed by atoms with Gasteiger partial charge >= 0.3 is 0 Å². The van der Waals surface area contributed by atoms with Gasteiger partial charge in [0.15, 0.2) is 10.8 Å². The number of para-hydroxylation sites is 1. The smallest absolute Gasteiger partial charge is 0.262 e. The number of nitrogens with two attached hydrogens (primary N) is 1. The number of primary amides is 1. The molecule has 142 valence electrons. The predicted octanol–water partition coefficient (Wildman–Crippen LogP) is 1.77. The van der Waals surface area contributed by atoms with Crippen LogP contribution in [0.15, 0.2) is 40.4 Å². The van der Waals surface area contributed by atoms with Gasteiger partial charge in [0.2, 0.25) is 5.91 Å². The third-order valence-corrected chi connectivity index (χ3v) is 5.90. The molecule has 1 aromatic carbocycles. The first-order chi connectivity index (χ1) is 13.6. The Bertz CT molecular complexity index is 1230. The van der Waals surface area contributed by atoms with Gasteiger partial charge in [0, 0.05) is 5.56 Å². The first kappa shape index (κ1) is 18.3. The van der Waals surface area contributed by atoms with Gasteiger partial charge in [0.25, 0.3) is 5.56 Å². The Hall–Kier alpha value is -3.05. The molecule has 3 aromatic heterocycles. The van der Waals surface area contributed by atoms with Crippen molar-refractivity contribution in [3.63, 3.8) is 0 Å². The van der Waals surface area contributed by atoms with Crippen molar-refractivity contribution in [1.82, 2.24) is 29.9 Å². The summed E-state index contributed by atoms with van der Waals surface area (Å²) in [5, 5.41) is 15.2. The Morgan fingerprint density at radius 3 is 2.89 bits per heavy atom. The summed E-state index contributed by atoms with van der Waals surface area (Å²) < 4.78 is 1.60. The summed E-state index contributed by atoms with van der Waals surface area (Å²) in [5.74, 6) is -0.474. The number of aryl methyl sites for hydroxylation is 1. The van der Waals surface area contributed by atoms with E-state index in [0.29, 0.717) is 16.2 Å². The normalized spacial score (nSPS) is 11.2. The second-order valence-corrected chi connectivity index (χ2v) is 7.82. The summed E-state index contributed by atoms with van der Waals surface area (Å²) in [7, 11) is 0. The molecule has 0 aliphatic heterocycles. The van der Waals surface area contributed by atoms with E-state index in [0.717, 1.165) is 39.4 Å². The zero-order valence-corrected chi connectivity index (χ0v) is 16.4. The Balaban J connectivity index is 1.86. The Labute approximate surface area is 167 Å². The van der Waals surface area contributed by atoms with Gasteiger partial charge < -0.3 is 10.7 Å². The van der Waals surface area contributed by atoms with Gasteiger partial charge in [-0.15, -0.1) is 10.2 Å². The van der Waals surface area contributed by atoms with Crippen molar-refractivity contribution in [2.75, 3.05) is 5.75 Å². The first-order valence-electron chi connectivity index (χ1n) is 8.38. The third kappa shape index (κ3) is 3.41. The fourth-order valence-corrected chi connectivity index (χ4v) is 4.04. The molecule has 0 aliphatic rings. The number of carbonyl (C=O) groups is 1.